The van der Waals surface area contributed by atoms with Crippen LogP contribution in [0.4, 0.5) is 0 Å². The lowest BCUT2D eigenvalue weighted by atomic mass is 9.94. The Kier molecular flexibility index (Phi) is 4.50. The molecule has 2 N–H and O–H groups in total. The summed E-state index contributed by atoms with van der Waals surface area (Å²) >= 11 is 0. The number of aryl methyl sites for hydroxylation is 2. The number of aromatic nitrogens is 2. The van der Waals surface area contributed by atoms with E-state index >= 15 is 0 Å². The number of rotatable bonds is 6. The molecule has 1 rings (SSSR count). The van der Waals surface area contributed by atoms with Gasteiger partial charge in [0, 0.05) is 37.5 Å². The third-order valence-corrected chi connectivity index (χ3v) is 3.26. The summed E-state index contributed by atoms with van der Waals surface area (Å²) < 4.78 is 1.83. The van der Waals surface area contributed by atoms with Crippen LogP contribution >= 0.6 is 0 Å². The third-order valence-electron chi connectivity index (χ3n) is 3.26. The summed E-state index contributed by atoms with van der Waals surface area (Å²) in [6.45, 7) is 7.34. The zero-order valence-corrected chi connectivity index (χ0v) is 10.7. The molecular formula is C12H23N3O. The van der Waals surface area contributed by atoms with Crippen LogP contribution in [0, 0.1) is 6.92 Å². The highest BCUT2D eigenvalue weighted by atomic mass is 16.3. The Balaban J connectivity index is 2.59. The average Bonchev–Trinajstić information content (AvgIpc) is 2.55. The molecule has 16 heavy (non-hydrogen) atoms. The van der Waals surface area contributed by atoms with Gasteiger partial charge in [-0.3, -0.25) is 4.68 Å². The number of nitrogens with zero attached hydrogens (tertiary/aromatic N) is 2. The van der Waals surface area contributed by atoms with E-state index in [1.165, 1.54) is 5.56 Å². The van der Waals surface area contributed by atoms with Gasteiger partial charge in [-0.1, -0.05) is 6.92 Å². The molecule has 0 fully saturated rings. The Morgan fingerprint density at radius 3 is 2.69 bits per heavy atom. The largest absolute Gasteiger partial charge is 0.396 e. The first-order valence-electron chi connectivity index (χ1n) is 5.86. The van der Waals surface area contributed by atoms with Crippen molar-refractivity contribution in [3.63, 3.8) is 0 Å². The molecule has 4 heteroatoms. The van der Waals surface area contributed by atoms with Crippen molar-refractivity contribution < 1.29 is 5.11 Å². The lowest BCUT2D eigenvalue weighted by Gasteiger charge is -2.29. The van der Waals surface area contributed by atoms with Crippen LogP contribution in [0.1, 0.15) is 37.9 Å². The summed E-state index contributed by atoms with van der Waals surface area (Å²) in [4.78, 5) is 0. The first kappa shape index (κ1) is 13.2. The van der Waals surface area contributed by atoms with Gasteiger partial charge in [-0.25, -0.2) is 0 Å². The standard InChI is InChI=1S/C12H23N3O/c1-5-12(3,6-7-16)13-8-11-9-15(4)14-10(11)2/h9,13,16H,5-8H2,1-4H3. The zero-order valence-electron chi connectivity index (χ0n) is 10.7. The molecule has 0 saturated carbocycles. The molecule has 1 unspecified atom stereocenters. The highest BCUT2D eigenvalue weighted by Crippen LogP contribution is 2.15. The number of aliphatic hydroxyl groups excluding tert-OH is 1. The van der Waals surface area contributed by atoms with E-state index in [9.17, 15) is 0 Å². The average molecular weight is 225 g/mol. The fourth-order valence-electron chi connectivity index (χ4n) is 1.77. The predicted molar refractivity (Wildman–Crippen MR) is 65.2 cm³/mol. The number of nitrogens with one attached hydrogen (secondary N) is 1. The van der Waals surface area contributed by atoms with Crippen molar-refractivity contribution in [2.75, 3.05) is 6.61 Å². The molecular weight excluding hydrogens is 202 g/mol. The van der Waals surface area contributed by atoms with Crippen LogP contribution in [0.3, 0.4) is 0 Å². The molecule has 0 aliphatic carbocycles. The molecule has 92 valence electrons. The van der Waals surface area contributed by atoms with E-state index in [-0.39, 0.29) is 12.1 Å². The Bertz CT molecular complexity index is 335. The summed E-state index contributed by atoms with van der Waals surface area (Å²) in [7, 11) is 1.93. The first-order valence-corrected chi connectivity index (χ1v) is 5.86. The minimum absolute atomic E-state index is 0.0109. The van der Waals surface area contributed by atoms with Crippen LogP contribution in [0.5, 0.6) is 0 Å². The van der Waals surface area contributed by atoms with E-state index < -0.39 is 0 Å². The molecule has 1 aromatic rings. The van der Waals surface area contributed by atoms with Crippen LogP contribution in [-0.4, -0.2) is 27.0 Å². The molecule has 1 atom stereocenters. The molecule has 4 nitrogen and oxygen atoms in total. The van der Waals surface area contributed by atoms with Crippen molar-refractivity contribution in [1.82, 2.24) is 15.1 Å². The second-order valence-electron chi connectivity index (χ2n) is 4.65. The lowest BCUT2D eigenvalue weighted by Crippen LogP contribution is -2.42. The smallest absolute Gasteiger partial charge is 0.0638 e. The highest BCUT2D eigenvalue weighted by molar-refractivity contribution is 5.15. The maximum absolute atomic E-state index is 9.03. The minimum atomic E-state index is 0.0109. The quantitative estimate of drug-likeness (QED) is 0.769. The molecule has 0 saturated heterocycles. The normalized spacial score (nSPS) is 15.1. The van der Waals surface area contributed by atoms with E-state index in [2.05, 4.69) is 24.3 Å². The van der Waals surface area contributed by atoms with Crippen LogP contribution < -0.4 is 5.32 Å². The second-order valence-corrected chi connectivity index (χ2v) is 4.65. The summed E-state index contributed by atoms with van der Waals surface area (Å²) in [5, 5.41) is 16.8. The topological polar surface area (TPSA) is 50.1 Å². The molecule has 0 spiro atoms. The minimum Gasteiger partial charge on any atom is -0.396 e. The van der Waals surface area contributed by atoms with Crippen LogP contribution in [0.15, 0.2) is 6.20 Å². The van der Waals surface area contributed by atoms with Crippen molar-refractivity contribution >= 4 is 0 Å². The van der Waals surface area contributed by atoms with Gasteiger partial charge >= 0.3 is 0 Å². The van der Waals surface area contributed by atoms with Gasteiger partial charge in [-0.2, -0.15) is 5.10 Å². The van der Waals surface area contributed by atoms with Gasteiger partial charge in [-0.15, -0.1) is 0 Å². The summed E-state index contributed by atoms with van der Waals surface area (Å²) in [5.41, 5.74) is 2.30. The molecule has 1 aromatic heterocycles. The maximum atomic E-state index is 9.03. The molecule has 0 bridgehead atoms. The van der Waals surface area contributed by atoms with Gasteiger partial charge in [0.1, 0.15) is 0 Å². The van der Waals surface area contributed by atoms with Crippen molar-refractivity contribution in [2.24, 2.45) is 7.05 Å². The number of hydrogen-bond donors (Lipinski definition) is 2. The molecule has 1 heterocycles. The van der Waals surface area contributed by atoms with Crippen LogP contribution in [0.25, 0.3) is 0 Å². The zero-order chi connectivity index (χ0) is 12.2. The van der Waals surface area contributed by atoms with E-state index in [1.54, 1.807) is 0 Å². The third kappa shape index (κ3) is 3.32. The predicted octanol–water partition coefficient (Wildman–Crippen LogP) is 1.37. The van der Waals surface area contributed by atoms with Crippen molar-refractivity contribution in [3.05, 3.63) is 17.5 Å². The second kappa shape index (κ2) is 5.46. The fraction of sp³-hybridized carbons (Fsp3) is 0.750. The molecule has 0 aromatic carbocycles. The molecule has 0 aliphatic heterocycles. The molecule has 0 radical (unpaired) electrons. The number of hydrogen-bond acceptors (Lipinski definition) is 3. The van der Waals surface area contributed by atoms with Crippen molar-refractivity contribution in [3.8, 4) is 0 Å². The maximum Gasteiger partial charge on any atom is 0.0638 e. The van der Waals surface area contributed by atoms with Crippen molar-refractivity contribution in [2.45, 2.75) is 45.7 Å². The van der Waals surface area contributed by atoms with Gasteiger partial charge < -0.3 is 10.4 Å². The Labute approximate surface area is 97.7 Å². The highest BCUT2D eigenvalue weighted by Gasteiger charge is 2.20. The monoisotopic (exact) mass is 225 g/mol. The van der Waals surface area contributed by atoms with Gasteiger partial charge in [-0.05, 0) is 26.7 Å². The summed E-state index contributed by atoms with van der Waals surface area (Å²) in [6, 6.07) is 0. The van der Waals surface area contributed by atoms with Gasteiger partial charge in [0.25, 0.3) is 0 Å². The van der Waals surface area contributed by atoms with Gasteiger partial charge in [0.05, 0.1) is 5.69 Å². The van der Waals surface area contributed by atoms with Crippen LogP contribution in [0.2, 0.25) is 0 Å². The first-order chi connectivity index (χ1) is 7.50. The van der Waals surface area contributed by atoms with E-state index in [4.69, 9.17) is 5.11 Å². The van der Waals surface area contributed by atoms with Gasteiger partial charge in [0.15, 0.2) is 0 Å². The van der Waals surface area contributed by atoms with E-state index in [1.807, 2.05) is 24.9 Å². The SMILES string of the molecule is CCC(C)(CCO)NCc1cn(C)nc1C. The molecule has 0 aliphatic rings. The van der Waals surface area contributed by atoms with Crippen molar-refractivity contribution in [1.29, 1.82) is 0 Å². The Morgan fingerprint density at radius 2 is 2.25 bits per heavy atom. The Hall–Kier alpha value is -0.870. The van der Waals surface area contributed by atoms with E-state index in [0.29, 0.717) is 0 Å². The van der Waals surface area contributed by atoms with E-state index in [0.717, 1.165) is 25.1 Å². The molecule has 0 amide bonds. The summed E-state index contributed by atoms with van der Waals surface area (Å²) in [5.74, 6) is 0. The lowest BCUT2D eigenvalue weighted by molar-refractivity contribution is 0.214. The van der Waals surface area contributed by atoms with Crippen LogP contribution in [-0.2, 0) is 13.6 Å². The fourth-order valence-corrected chi connectivity index (χ4v) is 1.77. The summed E-state index contributed by atoms with van der Waals surface area (Å²) in [6.07, 6.45) is 3.83. The Morgan fingerprint density at radius 1 is 1.56 bits per heavy atom. The number of aliphatic hydroxyl groups is 1. The van der Waals surface area contributed by atoms with Gasteiger partial charge in [0.2, 0.25) is 0 Å².